The summed E-state index contributed by atoms with van der Waals surface area (Å²) in [5, 5.41) is 3.56. The van der Waals surface area contributed by atoms with Crippen molar-refractivity contribution in [2.75, 3.05) is 19.6 Å². The number of aromatic amines is 1. The Balaban J connectivity index is 1.67. The SMILES string of the molecule is C=CCN1CCC(NCc2cnc[nH]2)CC1. The van der Waals surface area contributed by atoms with Crippen molar-refractivity contribution in [3.05, 3.63) is 30.9 Å². The molecular weight excluding hydrogens is 200 g/mol. The fraction of sp³-hybridized carbons (Fsp3) is 0.583. The average Bonchev–Trinajstić information content (AvgIpc) is 2.82. The number of H-pyrrole nitrogens is 1. The number of piperidine rings is 1. The van der Waals surface area contributed by atoms with Crippen molar-refractivity contribution in [3.8, 4) is 0 Å². The van der Waals surface area contributed by atoms with Gasteiger partial charge in [0.2, 0.25) is 0 Å². The summed E-state index contributed by atoms with van der Waals surface area (Å²) in [6, 6.07) is 0.643. The standard InChI is InChI=1S/C12H20N4/c1-2-5-16-6-3-11(4-7-16)14-9-12-8-13-10-15-12/h2,8,10-11,14H,1,3-7,9H2,(H,13,15). The molecular formula is C12H20N4. The second-order valence-corrected chi connectivity index (χ2v) is 4.32. The molecule has 0 radical (unpaired) electrons. The lowest BCUT2D eigenvalue weighted by Crippen LogP contribution is -2.42. The van der Waals surface area contributed by atoms with Gasteiger partial charge in [-0.2, -0.15) is 0 Å². The number of rotatable bonds is 5. The van der Waals surface area contributed by atoms with Crippen LogP contribution in [0.4, 0.5) is 0 Å². The van der Waals surface area contributed by atoms with Crippen LogP contribution in [0.25, 0.3) is 0 Å². The van der Waals surface area contributed by atoms with Crippen LogP contribution in [0.5, 0.6) is 0 Å². The van der Waals surface area contributed by atoms with Gasteiger partial charge in [-0.3, -0.25) is 4.90 Å². The maximum Gasteiger partial charge on any atom is 0.0922 e. The maximum absolute atomic E-state index is 4.01. The summed E-state index contributed by atoms with van der Waals surface area (Å²) in [5.74, 6) is 0. The Morgan fingerprint density at radius 3 is 3.00 bits per heavy atom. The number of imidazole rings is 1. The van der Waals surface area contributed by atoms with Crippen LogP contribution in [-0.4, -0.2) is 40.5 Å². The fourth-order valence-electron chi connectivity index (χ4n) is 2.14. The highest BCUT2D eigenvalue weighted by Gasteiger charge is 2.17. The normalized spacial score (nSPS) is 18.8. The van der Waals surface area contributed by atoms with E-state index in [1.807, 2.05) is 12.3 Å². The van der Waals surface area contributed by atoms with Gasteiger partial charge in [-0.05, 0) is 25.9 Å². The first-order chi connectivity index (χ1) is 7.88. The molecule has 2 heterocycles. The zero-order valence-corrected chi connectivity index (χ0v) is 9.65. The molecule has 88 valence electrons. The van der Waals surface area contributed by atoms with Gasteiger partial charge >= 0.3 is 0 Å². The molecule has 4 heteroatoms. The van der Waals surface area contributed by atoms with Crippen molar-refractivity contribution in [1.82, 2.24) is 20.2 Å². The third-order valence-corrected chi connectivity index (χ3v) is 3.11. The number of hydrogen-bond acceptors (Lipinski definition) is 3. The van der Waals surface area contributed by atoms with E-state index >= 15 is 0 Å². The largest absolute Gasteiger partial charge is 0.347 e. The van der Waals surface area contributed by atoms with Gasteiger partial charge in [0.15, 0.2) is 0 Å². The van der Waals surface area contributed by atoms with Crippen LogP contribution < -0.4 is 5.32 Å². The van der Waals surface area contributed by atoms with Crippen molar-refractivity contribution in [2.45, 2.75) is 25.4 Å². The number of aromatic nitrogens is 2. The Labute approximate surface area is 96.8 Å². The summed E-state index contributed by atoms with van der Waals surface area (Å²) >= 11 is 0. The Morgan fingerprint density at radius 2 is 2.38 bits per heavy atom. The lowest BCUT2D eigenvalue weighted by Gasteiger charge is -2.31. The zero-order valence-electron chi connectivity index (χ0n) is 9.65. The molecule has 1 fully saturated rings. The van der Waals surface area contributed by atoms with Gasteiger partial charge in [0, 0.05) is 31.0 Å². The van der Waals surface area contributed by atoms with Crippen molar-refractivity contribution in [3.63, 3.8) is 0 Å². The molecule has 1 saturated heterocycles. The Bertz CT molecular complexity index is 299. The molecule has 0 saturated carbocycles. The number of nitrogens with zero attached hydrogens (tertiary/aromatic N) is 2. The molecule has 4 nitrogen and oxygen atoms in total. The van der Waals surface area contributed by atoms with E-state index < -0.39 is 0 Å². The second-order valence-electron chi connectivity index (χ2n) is 4.32. The minimum Gasteiger partial charge on any atom is -0.347 e. The monoisotopic (exact) mass is 220 g/mol. The Hall–Kier alpha value is -1.13. The molecule has 16 heavy (non-hydrogen) atoms. The Morgan fingerprint density at radius 1 is 1.56 bits per heavy atom. The minimum atomic E-state index is 0.643. The van der Waals surface area contributed by atoms with Gasteiger partial charge in [0.05, 0.1) is 6.33 Å². The highest BCUT2D eigenvalue weighted by atomic mass is 15.1. The van der Waals surface area contributed by atoms with E-state index in [1.54, 1.807) is 6.33 Å². The number of nitrogens with one attached hydrogen (secondary N) is 2. The third-order valence-electron chi connectivity index (χ3n) is 3.11. The van der Waals surface area contributed by atoms with E-state index in [1.165, 1.54) is 25.9 Å². The van der Waals surface area contributed by atoms with E-state index in [0.29, 0.717) is 6.04 Å². The first-order valence-corrected chi connectivity index (χ1v) is 5.92. The van der Waals surface area contributed by atoms with Crippen LogP contribution in [0, 0.1) is 0 Å². The predicted octanol–water partition coefficient (Wildman–Crippen LogP) is 1.15. The topological polar surface area (TPSA) is 44.0 Å². The summed E-state index contributed by atoms with van der Waals surface area (Å²) < 4.78 is 0. The summed E-state index contributed by atoms with van der Waals surface area (Å²) in [4.78, 5) is 9.56. The Kier molecular flexibility index (Phi) is 4.13. The highest BCUT2D eigenvalue weighted by Crippen LogP contribution is 2.10. The van der Waals surface area contributed by atoms with Crippen LogP contribution in [-0.2, 0) is 6.54 Å². The summed E-state index contributed by atoms with van der Waals surface area (Å²) in [5.41, 5.74) is 1.16. The molecule has 2 N–H and O–H groups in total. The zero-order chi connectivity index (χ0) is 11.2. The maximum atomic E-state index is 4.01. The first kappa shape index (κ1) is 11.4. The second kappa shape index (κ2) is 5.82. The van der Waals surface area contributed by atoms with Crippen LogP contribution >= 0.6 is 0 Å². The lowest BCUT2D eigenvalue weighted by molar-refractivity contribution is 0.214. The molecule has 2 rings (SSSR count). The lowest BCUT2D eigenvalue weighted by atomic mass is 10.1. The van der Waals surface area contributed by atoms with Crippen LogP contribution in [0.3, 0.4) is 0 Å². The van der Waals surface area contributed by atoms with Gasteiger partial charge in [0.25, 0.3) is 0 Å². The van der Waals surface area contributed by atoms with Gasteiger partial charge < -0.3 is 10.3 Å². The molecule has 0 spiro atoms. The molecule has 0 aliphatic carbocycles. The van der Waals surface area contributed by atoms with Crippen molar-refractivity contribution < 1.29 is 0 Å². The van der Waals surface area contributed by atoms with Crippen LogP contribution in [0.1, 0.15) is 18.5 Å². The van der Waals surface area contributed by atoms with Crippen LogP contribution in [0.15, 0.2) is 25.2 Å². The summed E-state index contributed by atoms with van der Waals surface area (Å²) in [6.45, 7) is 8.04. The molecule has 0 amide bonds. The van der Waals surface area contributed by atoms with Gasteiger partial charge in [-0.1, -0.05) is 6.08 Å². The average molecular weight is 220 g/mol. The summed E-state index contributed by atoms with van der Waals surface area (Å²) in [7, 11) is 0. The summed E-state index contributed by atoms with van der Waals surface area (Å²) in [6.07, 6.45) is 8.03. The van der Waals surface area contributed by atoms with Gasteiger partial charge in [0.1, 0.15) is 0 Å². The molecule has 1 aromatic rings. The highest BCUT2D eigenvalue weighted by molar-refractivity contribution is 4.94. The number of likely N-dealkylation sites (tertiary alicyclic amines) is 1. The molecule has 1 aliphatic rings. The van der Waals surface area contributed by atoms with E-state index in [2.05, 4.69) is 26.8 Å². The van der Waals surface area contributed by atoms with Crippen molar-refractivity contribution >= 4 is 0 Å². The third kappa shape index (κ3) is 3.18. The van der Waals surface area contributed by atoms with E-state index in [4.69, 9.17) is 0 Å². The smallest absolute Gasteiger partial charge is 0.0922 e. The van der Waals surface area contributed by atoms with E-state index in [9.17, 15) is 0 Å². The fourth-order valence-corrected chi connectivity index (χ4v) is 2.14. The van der Waals surface area contributed by atoms with E-state index in [-0.39, 0.29) is 0 Å². The van der Waals surface area contributed by atoms with Gasteiger partial charge in [-0.15, -0.1) is 6.58 Å². The first-order valence-electron chi connectivity index (χ1n) is 5.92. The molecule has 1 aliphatic heterocycles. The molecule has 0 aromatic carbocycles. The van der Waals surface area contributed by atoms with Crippen molar-refractivity contribution in [1.29, 1.82) is 0 Å². The quantitative estimate of drug-likeness (QED) is 0.732. The molecule has 0 bridgehead atoms. The molecule has 0 unspecified atom stereocenters. The minimum absolute atomic E-state index is 0.643. The number of hydrogen-bond donors (Lipinski definition) is 2. The van der Waals surface area contributed by atoms with Gasteiger partial charge in [-0.25, -0.2) is 4.98 Å². The molecule has 1 aromatic heterocycles. The van der Waals surface area contributed by atoms with Crippen molar-refractivity contribution in [2.24, 2.45) is 0 Å². The van der Waals surface area contributed by atoms with Crippen LogP contribution in [0.2, 0.25) is 0 Å². The molecule has 0 atom stereocenters. The van der Waals surface area contributed by atoms with E-state index in [0.717, 1.165) is 18.8 Å². The predicted molar refractivity (Wildman–Crippen MR) is 65.1 cm³/mol.